The Kier molecular flexibility index (Phi) is 5.91. The number of piperidine rings is 1. The van der Waals surface area contributed by atoms with Crippen molar-refractivity contribution in [3.8, 4) is 11.8 Å². The van der Waals surface area contributed by atoms with Crippen molar-refractivity contribution in [3.63, 3.8) is 0 Å². The largest absolute Gasteiger partial charge is 0.356 e. The maximum Gasteiger partial charge on any atom is 0.331 e. The lowest BCUT2D eigenvalue weighted by Gasteiger charge is -2.33. The molecule has 35 heavy (non-hydrogen) atoms. The fourth-order valence-corrected chi connectivity index (χ4v) is 5.13. The number of nitrogens with two attached hydrogens (primary N) is 1. The molecule has 0 radical (unpaired) electrons. The van der Waals surface area contributed by atoms with Gasteiger partial charge in [0.2, 0.25) is 0 Å². The van der Waals surface area contributed by atoms with Gasteiger partial charge < -0.3 is 15.2 Å². The van der Waals surface area contributed by atoms with Crippen molar-refractivity contribution >= 4 is 27.8 Å². The van der Waals surface area contributed by atoms with Crippen LogP contribution < -0.4 is 21.9 Å². The van der Waals surface area contributed by atoms with Crippen LogP contribution in [0.3, 0.4) is 0 Å². The van der Waals surface area contributed by atoms with Gasteiger partial charge in [0.1, 0.15) is 17.2 Å². The molecule has 1 aliphatic rings. The van der Waals surface area contributed by atoms with E-state index < -0.39 is 5.69 Å². The topological polar surface area (TPSA) is 104 Å². The van der Waals surface area contributed by atoms with E-state index in [2.05, 4.69) is 26.7 Å². The van der Waals surface area contributed by atoms with Crippen molar-refractivity contribution in [3.05, 3.63) is 62.7 Å². The van der Waals surface area contributed by atoms with Crippen molar-refractivity contribution in [1.29, 1.82) is 0 Å². The molecule has 4 heterocycles. The van der Waals surface area contributed by atoms with Gasteiger partial charge in [-0.1, -0.05) is 24.1 Å². The molecule has 1 atom stereocenters. The molecule has 9 nitrogen and oxygen atoms in total. The first-order valence-corrected chi connectivity index (χ1v) is 11.8. The highest BCUT2D eigenvalue weighted by molar-refractivity contribution is 5.86. The van der Waals surface area contributed by atoms with Crippen LogP contribution in [0.25, 0.3) is 21.9 Å². The van der Waals surface area contributed by atoms with Gasteiger partial charge in [0.05, 0.1) is 24.1 Å². The van der Waals surface area contributed by atoms with Crippen molar-refractivity contribution in [1.82, 2.24) is 23.7 Å². The van der Waals surface area contributed by atoms with Gasteiger partial charge in [-0.3, -0.25) is 13.9 Å². The number of aromatic nitrogens is 5. The molecule has 1 unspecified atom stereocenters. The van der Waals surface area contributed by atoms with Crippen molar-refractivity contribution < 1.29 is 0 Å². The maximum atomic E-state index is 13.8. The first-order valence-electron chi connectivity index (χ1n) is 11.8. The highest BCUT2D eigenvalue weighted by Crippen LogP contribution is 2.31. The fourth-order valence-electron chi connectivity index (χ4n) is 5.13. The molecule has 1 aliphatic heterocycles. The Morgan fingerprint density at radius 1 is 1.17 bits per heavy atom. The van der Waals surface area contributed by atoms with Gasteiger partial charge in [-0.2, -0.15) is 0 Å². The zero-order valence-electron chi connectivity index (χ0n) is 20.3. The molecular formula is C26H29N7O2. The van der Waals surface area contributed by atoms with Gasteiger partial charge in [0, 0.05) is 43.3 Å². The standard InChI is InChI=1S/C26H29N7O2/c1-4-5-13-32-23-22(17(2)24(32)31-12-8-10-19(27)15-31)30(3)26(35)33(25(23)34)16-21-28-14-18-9-6-7-11-20(18)29-21/h6-7,9,11,14,19H,8,10,12-13,15-16,27H2,1-3H3. The average Bonchev–Trinajstić information content (AvgIpc) is 3.16. The summed E-state index contributed by atoms with van der Waals surface area (Å²) in [6.45, 7) is 5.62. The molecule has 0 amide bonds. The van der Waals surface area contributed by atoms with Gasteiger partial charge in [0.15, 0.2) is 0 Å². The van der Waals surface area contributed by atoms with Crippen LogP contribution in [0.4, 0.5) is 5.82 Å². The molecule has 1 saturated heterocycles. The number of anilines is 1. The van der Waals surface area contributed by atoms with Crippen LogP contribution in [0.1, 0.15) is 31.2 Å². The van der Waals surface area contributed by atoms with Gasteiger partial charge in [0.25, 0.3) is 5.56 Å². The molecule has 2 N–H and O–H groups in total. The summed E-state index contributed by atoms with van der Waals surface area (Å²) in [5.41, 5.74) is 8.25. The van der Waals surface area contributed by atoms with Gasteiger partial charge in [-0.25, -0.2) is 14.8 Å². The van der Waals surface area contributed by atoms with Crippen LogP contribution in [-0.4, -0.2) is 42.8 Å². The van der Waals surface area contributed by atoms with E-state index in [9.17, 15) is 9.59 Å². The lowest BCUT2D eigenvalue weighted by atomic mass is 10.1. The van der Waals surface area contributed by atoms with Crippen molar-refractivity contribution in [2.45, 2.75) is 45.8 Å². The van der Waals surface area contributed by atoms with E-state index in [-0.39, 0.29) is 18.1 Å². The first-order chi connectivity index (χ1) is 16.9. The van der Waals surface area contributed by atoms with Crippen LogP contribution >= 0.6 is 0 Å². The molecule has 0 bridgehead atoms. The van der Waals surface area contributed by atoms with Crippen LogP contribution in [0.15, 0.2) is 40.1 Å². The first kappa shape index (κ1) is 22.9. The number of aryl methyl sites for hydroxylation is 2. The number of benzene rings is 1. The van der Waals surface area contributed by atoms with Crippen LogP contribution in [0.5, 0.6) is 0 Å². The number of nitrogens with zero attached hydrogens (tertiary/aromatic N) is 6. The molecular weight excluding hydrogens is 442 g/mol. The number of para-hydroxylation sites is 1. The summed E-state index contributed by atoms with van der Waals surface area (Å²) in [5.74, 6) is 7.36. The molecule has 0 aliphatic carbocycles. The molecule has 9 heteroatoms. The monoisotopic (exact) mass is 471 g/mol. The minimum Gasteiger partial charge on any atom is -0.356 e. The highest BCUT2D eigenvalue weighted by Gasteiger charge is 2.27. The van der Waals surface area contributed by atoms with Gasteiger partial charge >= 0.3 is 5.69 Å². The molecule has 4 aromatic rings. The van der Waals surface area contributed by atoms with Crippen LogP contribution in [-0.2, 0) is 20.1 Å². The number of rotatable bonds is 4. The Hall–Kier alpha value is -3.90. The highest BCUT2D eigenvalue weighted by atomic mass is 16.2. The third-order valence-electron chi connectivity index (χ3n) is 6.75. The van der Waals surface area contributed by atoms with Gasteiger partial charge in [-0.15, -0.1) is 5.92 Å². The quantitative estimate of drug-likeness (QED) is 0.455. The number of hydrogen-bond acceptors (Lipinski definition) is 6. The Morgan fingerprint density at radius 2 is 1.97 bits per heavy atom. The lowest BCUT2D eigenvalue weighted by molar-refractivity contribution is 0.498. The Labute approximate surface area is 202 Å². The Bertz CT molecular complexity index is 1620. The molecule has 1 fully saturated rings. The summed E-state index contributed by atoms with van der Waals surface area (Å²) < 4.78 is 4.71. The fraction of sp³-hybridized carbons (Fsp3) is 0.385. The minimum atomic E-state index is -0.400. The summed E-state index contributed by atoms with van der Waals surface area (Å²) in [6, 6.07) is 7.70. The van der Waals surface area contributed by atoms with Crippen molar-refractivity contribution in [2.24, 2.45) is 12.8 Å². The summed E-state index contributed by atoms with van der Waals surface area (Å²) in [7, 11) is 1.70. The molecule has 180 valence electrons. The third kappa shape index (κ3) is 3.90. The summed E-state index contributed by atoms with van der Waals surface area (Å²) in [6.07, 6.45) is 3.67. The predicted octanol–water partition coefficient (Wildman–Crippen LogP) is 1.75. The summed E-state index contributed by atoms with van der Waals surface area (Å²) in [5, 5.41) is 0.902. The predicted molar refractivity (Wildman–Crippen MR) is 138 cm³/mol. The van der Waals surface area contributed by atoms with E-state index in [1.807, 2.05) is 35.8 Å². The summed E-state index contributed by atoms with van der Waals surface area (Å²) in [4.78, 5) is 38.4. The lowest BCUT2D eigenvalue weighted by Crippen LogP contribution is -2.44. The zero-order chi connectivity index (χ0) is 24.7. The molecule has 0 saturated carbocycles. The van der Waals surface area contributed by atoms with E-state index in [4.69, 9.17) is 5.73 Å². The Balaban J connectivity index is 1.72. The van der Waals surface area contributed by atoms with E-state index >= 15 is 0 Å². The van der Waals surface area contributed by atoms with Crippen molar-refractivity contribution in [2.75, 3.05) is 18.0 Å². The van der Waals surface area contributed by atoms with E-state index in [0.29, 0.717) is 29.9 Å². The molecule has 3 aromatic heterocycles. The third-order valence-corrected chi connectivity index (χ3v) is 6.75. The number of fused-ring (bicyclic) bond motifs is 2. The normalized spacial score (nSPS) is 16.0. The van der Waals surface area contributed by atoms with Crippen LogP contribution in [0.2, 0.25) is 0 Å². The maximum absolute atomic E-state index is 13.8. The average molecular weight is 472 g/mol. The second-order valence-corrected chi connectivity index (χ2v) is 9.09. The number of hydrogen-bond donors (Lipinski definition) is 1. The molecule has 0 spiro atoms. The summed E-state index contributed by atoms with van der Waals surface area (Å²) >= 11 is 0. The second-order valence-electron chi connectivity index (χ2n) is 9.09. The second kappa shape index (κ2) is 9.04. The van der Waals surface area contributed by atoms with E-state index in [0.717, 1.165) is 41.7 Å². The van der Waals surface area contributed by atoms with E-state index in [1.54, 1.807) is 24.7 Å². The minimum absolute atomic E-state index is 0.0140. The van der Waals surface area contributed by atoms with E-state index in [1.165, 1.54) is 4.57 Å². The Morgan fingerprint density at radius 3 is 2.74 bits per heavy atom. The molecule has 5 rings (SSSR count). The molecule has 1 aromatic carbocycles. The van der Waals surface area contributed by atoms with Gasteiger partial charge in [-0.05, 0) is 32.8 Å². The zero-order valence-corrected chi connectivity index (χ0v) is 20.3. The van der Waals surface area contributed by atoms with Crippen LogP contribution in [0, 0.1) is 18.8 Å². The smallest absolute Gasteiger partial charge is 0.331 e. The SMILES string of the molecule is CC#CCn1c(N2CCCC(N)C2)c(C)c2c1c(=O)n(Cc1ncc3ccccc3n1)c(=O)n2C.